The summed E-state index contributed by atoms with van der Waals surface area (Å²) in [6.07, 6.45) is 3.09. The Morgan fingerprint density at radius 1 is 1.31 bits per heavy atom. The lowest BCUT2D eigenvalue weighted by Crippen LogP contribution is -2.14. The summed E-state index contributed by atoms with van der Waals surface area (Å²) in [6, 6.07) is 3.39. The number of nitrogens with one attached hydrogen (secondary N) is 1. The summed E-state index contributed by atoms with van der Waals surface area (Å²) < 4.78 is 1.66. The minimum atomic E-state index is 0.176. The highest BCUT2D eigenvalue weighted by atomic mass is 16.3. The Kier molecular flexibility index (Phi) is 3.11. The monoisotopic (exact) mass is 219 g/mol. The van der Waals surface area contributed by atoms with Gasteiger partial charge in [-0.25, -0.2) is 4.98 Å². The molecule has 0 unspecified atom stereocenters. The second-order valence-electron chi connectivity index (χ2n) is 3.45. The molecular weight excluding hydrogens is 206 g/mol. The quantitative estimate of drug-likeness (QED) is 0.768. The van der Waals surface area contributed by atoms with Crippen LogP contribution >= 0.6 is 0 Å². The molecule has 2 heterocycles. The van der Waals surface area contributed by atoms with Gasteiger partial charge in [-0.1, -0.05) is 0 Å². The highest BCUT2D eigenvalue weighted by molar-refractivity contribution is 5.17. The summed E-state index contributed by atoms with van der Waals surface area (Å²) in [4.78, 5) is 8.15. The van der Waals surface area contributed by atoms with Crippen molar-refractivity contribution in [2.24, 2.45) is 7.05 Å². The Hall–Kier alpha value is -1.95. The van der Waals surface area contributed by atoms with Crippen molar-refractivity contribution in [3.8, 4) is 5.75 Å². The first-order chi connectivity index (χ1) is 7.74. The highest BCUT2D eigenvalue weighted by Crippen LogP contribution is 2.05. The summed E-state index contributed by atoms with van der Waals surface area (Å²) >= 11 is 0. The molecule has 2 N–H and O–H groups in total. The van der Waals surface area contributed by atoms with E-state index < -0.39 is 0 Å². The molecule has 0 aliphatic rings. The summed E-state index contributed by atoms with van der Waals surface area (Å²) in [6.45, 7) is 1.22. The molecule has 0 bridgehead atoms. The van der Waals surface area contributed by atoms with Crippen LogP contribution in [0.5, 0.6) is 5.75 Å². The van der Waals surface area contributed by atoms with Crippen molar-refractivity contribution in [2.75, 3.05) is 0 Å². The largest absolute Gasteiger partial charge is 0.506 e. The van der Waals surface area contributed by atoms with E-state index in [2.05, 4.69) is 20.4 Å². The Balaban J connectivity index is 1.82. The van der Waals surface area contributed by atoms with Gasteiger partial charge in [-0.3, -0.25) is 9.67 Å². The van der Waals surface area contributed by atoms with Gasteiger partial charge >= 0.3 is 0 Å². The number of hydrogen-bond acceptors (Lipinski definition) is 5. The second-order valence-corrected chi connectivity index (χ2v) is 3.45. The molecule has 0 aliphatic carbocycles. The van der Waals surface area contributed by atoms with Gasteiger partial charge in [0.2, 0.25) is 0 Å². The van der Waals surface area contributed by atoms with Crippen molar-refractivity contribution < 1.29 is 5.11 Å². The van der Waals surface area contributed by atoms with Crippen LogP contribution in [0.2, 0.25) is 0 Å². The van der Waals surface area contributed by atoms with Gasteiger partial charge in [0.1, 0.15) is 12.1 Å². The normalized spacial score (nSPS) is 10.6. The molecule has 0 atom stereocenters. The summed E-state index contributed by atoms with van der Waals surface area (Å²) in [5, 5.41) is 16.4. The molecule has 0 spiro atoms. The number of rotatable bonds is 4. The van der Waals surface area contributed by atoms with Crippen LogP contribution in [0.4, 0.5) is 0 Å². The summed E-state index contributed by atoms with van der Waals surface area (Å²) in [7, 11) is 1.83. The third-order valence-corrected chi connectivity index (χ3v) is 2.05. The van der Waals surface area contributed by atoms with Crippen LogP contribution in [0.25, 0.3) is 0 Å². The number of pyridine rings is 1. The number of aromatic nitrogens is 4. The van der Waals surface area contributed by atoms with E-state index in [9.17, 15) is 0 Å². The molecule has 2 rings (SSSR count). The predicted octanol–water partition coefficient (Wildman–Crippen LogP) is 0.205. The third kappa shape index (κ3) is 2.77. The van der Waals surface area contributed by atoms with Crippen LogP contribution in [0, 0.1) is 0 Å². The standard InChI is InChI=1S/C10H13N5O/c1-15-7-13-10(14-15)6-11-4-8-2-3-9(16)5-12-8/h2-3,5,7,11,16H,4,6H2,1H3. The van der Waals surface area contributed by atoms with Crippen LogP contribution in [-0.4, -0.2) is 24.9 Å². The Bertz CT molecular complexity index is 450. The molecule has 0 amide bonds. The number of aryl methyl sites for hydroxylation is 1. The van der Waals surface area contributed by atoms with Crippen LogP contribution in [0.15, 0.2) is 24.7 Å². The second kappa shape index (κ2) is 4.71. The van der Waals surface area contributed by atoms with Crippen molar-refractivity contribution in [3.05, 3.63) is 36.2 Å². The van der Waals surface area contributed by atoms with Gasteiger partial charge < -0.3 is 10.4 Å². The van der Waals surface area contributed by atoms with E-state index in [4.69, 9.17) is 5.11 Å². The maximum atomic E-state index is 9.06. The maximum Gasteiger partial charge on any atom is 0.164 e. The number of hydrogen-bond donors (Lipinski definition) is 2. The van der Waals surface area contributed by atoms with Gasteiger partial charge in [0.15, 0.2) is 5.82 Å². The third-order valence-electron chi connectivity index (χ3n) is 2.05. The molecular formula is C10H13N5O. The first-order valence-corrected chi connectivity index (χ1v) is 4.93. The minimum Gasteiger partial charge on any atom is -0.506 e. The molecule has 0 radical (unpaired) electrons. The van der Waals surface area contributed by atoms with E-state index in [1.54, 1.807) is 23.1 Å². The SMILES string of the molecule is Cn1cnc(CNCc2ccc(O)cn2)n1. The number of nitrogens with zero attached hydrogens (tertiary/aromatic N) is 4. The molecule has 6 heteroatoms. The molecule has 0 aliphatic heterocycles. The smallest absolute Gasteiger partial charge is 0.164 e. The molecule has 0 saturated heterocycles. The van der Waals surface area contributed by atoms with Gasteiger partial charge in [-0.2, -0.15) is 5.10 Å². The van der Waals surface area contributed by atoms with Crippen LogP contribution < -0.4 is 5.32 Å². The molecule has 84 valence electrons. The van der Waals surface area contributed by atoms with E-state index in [0.717, 1.165) is 11.5 Å². The molecule has 2 aromatic heterocycles. The minimum absolute atomic E-state index is 0.176. The van der Waals surface area contributed by atoms with E-state index in [0.29, 0.717) is 13.1 Å². The fraction of sp³-hybridized carbons (Fsp3) is 0.300. The van der Waals surface area contributed by atoms with Crippen molar-refractivity contribution in [2.45, 2.75) is 13.1 Å². The molecule has 0 saturated carbocycles. The summed E-state index contributed by atoms with van der Waals surface area (Å²) in [5.74, 6) is 0.927. The summed E-state index contributed by atoms with van der Waals surface area (Å²) in [5.41, 5.74) is 0.869. The molecule has 2 aromatic rings. The zero-order valence-electron chi connectivity index (χ0n) is 8.96. The highest BCUT2D eigenvalue weighted by Gasteiger charge is 1.99. The first kappa shape index (κ1) is 10.6. The van der Waals surface area contributed by atoms with Crippen LogP contribution in [0.3, 0.4) is 0 Å². The van der Waals surface area contributed by atoms with Gasteiger partial charge in [-0.15, -0.1) is 0 Å². The fourth-order valence-electron chi connectivity index (χ4n) is 1.29. The Morgan fingerprint density at radius 3 is 2.81 bits per heavy atom. The Morgan fingerprint density at radius 2 is 2.19 bits per heavy atom. The predicted molar refractivity (Wildman–Crippen MR) is 57.4 cm³/mol. The van der Waals surface area contributed by atoms with Crippen molar-refractivity contribution in [1.29, 1.82) is 0 Å². The first-order valence-electron chi connectivity index (χ1n) is 4.93. The zero-order valence-corrected chi connectivity index (χ0v) is 8.96. The average molecular weight is 219 g/mol. The van der Waals surface area contributed by atoms with Crippen LogP contribution in [0.1, 0.15) is 11.5 Å². The van der Waals surface area contributed by atoms with E-state index >= 15 is 0 Å². The topological polar surface area (TPSA) is 75.9 Å². The zero-order chi connectivity index (χ0) is 11.4. The van der Waals surface area contributed by atoms with Gasteiger partial charge in [0.25, 0.3) is 0 Å². The van der Waals surface area contributed by atoms with E-state index in [1.807, 2.05) is 7.05 Å². The fourth-order valence-corrected chi connectivity index (χ4v) is 1.29. The molecule has 0 aromatic carbocycles. The van der Waals surface area contributed by atoms with Gasteiger partial charge in [-0.05, 0) is 12.1 Å². The van der Waals surface area contributed by atoms with Gasteiger partial charge in [0.05, 0.1) is 18.4 Å². The van der Waals surface area contributed by atoms with Crippen molar-refractivity contribution in [3.63, 3.8) is 0 Å². The van der Waals surface area contributed by atoms with Gasteiger partial charge in [0, 0.05) is 13.6 Å². The average Bonchev–Trinajstić information content (AvgIpc) is 2.67. The lowest BCUT2D eigenvalue weighted by Gasteiger charge is -2.01. The molecule has 0 fully saturated rings. The van der Waals surface area contributed by atoms with Crippen LogP contribution in [-0.2, 0) is 20.1 Å². The van der Waals surface area contributed by atoms with Crippen molar-refractivity contribution in [1.82, 2.24) is 25.1 Å². The lowest BCUT2D eigenvalue weighted by molar-refractivity contribution is 0.471. The maximum absolute atomic E-state index is 9.06. The van der Waals surface area contributed by atoms with E-state index in [1.165, 1.54) is 6.20 Å². The Labute approximate surface area is 93.0 Å². The number of aromatic hydroxyl groups is 1. The lowest BCUT2D eigenvalue weighted by atomic mass is 10.3. The molecule has 16 heavy (non-hydrogen) atoms. The molecule has 6 nitrogen and oxygen atoms in total. The van der Waals surface area contributed by atoms with Crippen molar-refractivity contribution >= 4 is 0 Å². The van der Waals surface area contributed by atoms with E-state index in [-0.39, 0.29) is 5.75 Å².